The van der Waals surface area contributed by atoms with Crippen molar-refractivity contribution in [3.8, 4) is 0 Å². The summed E-state index contributed by atoms with van der Waals surface area (Å²) in [5.74, 6) is -0.539. The molecule has 0 saturated heterocycles. The second-order valence-electron chi connectivity index (χ2n) is 3.17. The average Bonchev–Trinajstić information content (AvgIpc) is 2.18. The van der Waals surface area contributed by atoms with Gasteiger partial charge in [0, 0.05) is 19.2 Å². The van der Waals surface area contributed by atoms with Gasteiger partial charge in [-0.1, -0.05) is 28.1 Å². The van der Waals surface area contributed by atoms with Crippen molar-refractivity contribution in [3.05, 3.63) is 29.8 Å². The van der Waals surface area contributed by atoms with Gasteiger partial charge in [0.05, 0.1) is 5.69 Å². The molecule has 2 amide bonds. The van der Waals surface area contributed by atoms with E-state index >= 15 is 0 Å². The minimum Gasteiger partial charge on any atom is -0.274 e. The maximum atomic E-state index is 11.2. The smallest absolute Gasteiger partial charge is 0.230 e. The van der Waals surface area contributed by atoms with Crippen molar-refractivity contribution in [1.29, 1.82) is 0 Å². The zero-order valence-corrected chi connectivity index (χ0v) is 10.2. The maximum absolute atomic E-state index is 11.2. The summed E-state index contributed by atoms with van der Waals surface area (Å²) in [6.45, 7) is 2.75. The molecule has 15 heavy (non-hydrogen) atoms. The second kappa shape index (κ2) is 5.07. The van der Waals surface area contributed by atoms with E-state index in [1.54, 1.807) is 12.1 Å². The first kappa shape index (κ1) is 11.9. The molecule has 0 fully saturated rings. The van der Waals surface area contributed by atoms with Crippen LogP contribution in [0.2, 0.25) is 0 Å². The highest BCUT2D eigenvalue weighted by atomic mass is 79.9. The van der Waals surface area contributed by atoms with E-state index in [-0.39, 0.29) is 11.8 Å². The molecule has 1 rings (SSSR count). The molecule has 1 aromatic rings. The van der Waals surface area contributed by atoms with E-state index < -0.39 is 0 Å². The summed E-state index contributed by atoms with van der Waals surface area (Å²) < 4.78 is 0. The predicted molar refractivity (Wildman–Crippen MR) is 62.9 cm³/mol. The van der Waals surface area contributed by atoms with Gasteiger partial charge >= 0.3 is 0 Å². The topological polar surface area (TPSA) is 37.4 Å². The minimum atomic E-state index is -0.269. The molecular formula is C11H12BrNO2. The van der Waals surface area contributed by atoms with Crippen LogP contribution < -0.4 is 4.90 Å². The van der Waals surface area contributed by atoms with Crippen molar-refractivity contribution in [1.82, 2.24) is 0 Å². The van der Waals surface area contributed by atoms with Gasteiger partial charge in [-0.05, 0) is 17.7 Å². The molecule has 80 valence electrons. The number of hydrogen-bond acceptors (Lipinski definition) is 2. The van der Waals surface area contributed by atoms with E-state index in [0.29, 0.717) is 5.69 Å². The van der Waals surface area contributed by atoms with Crippen LogP contribution in [-0.4, -0.2) is 11.8 Å². The highest BCUT2D eigenvalue weighted by Gasteiger charge is 2.15. The second-order valence-corrected chi connectivity index (χ2v) is 3.73. The van der Waals surface area contributed by atoms with E-state index in [0.717, 1.165) is 15.8 Å². The molecule has 1 aromatic carbocycles. The van der Waals surface area contributed by atoms with Crippen molar-refractivity contribution in [3.63, 3.8) is 0 Å². The monoisotopic (exact) mass is 269 g/mol. The molecule has 4 heteroatoms. The quantitative estimate of drug-likeness (QED) is 0.774. The summed E-state index contributed by atoms with van der Waals surface area (Å²) in [5.41, 5.74) is 1.71. The van der Waals surface area contributed by atoms with Crippen molar-refractivity contribution in [2.45, 2.75) is 19.2 Å². The summed E-state index contributed by atoms with van der Waals surface area (Å²) in [4.78, 5) is 23.6. The summed E-state index contributed by atoms with van der Waals surface area (Å²) in [6, 6.07) is 7.28. The zero-order chi connectivity index (χ0) is 11.4. The van der Waals surface area contributed by atoms with Crippen molar-refractivity contribution < 1.29 is 9.59 Å². The molecule has 0 unspecified atom stereocenters. The lowest BCUT2D eigenvalue weighted by molar-refractivity contribution is -0.124. The number of nitrogens with zero attached hydrogens (tertiary/aromatic N) is 1. The Bertz CT molecular complexity index is 359. The van der Waals surface area contributed by atoms with Gasteiger partial charge in [0.1, 0.15) is 0 Å². The third-order valence-corrected chi connectivity index (χ3v) is 2.63. The van der Waals surface area contributed by atoms with Crippen LogP contribution >= 0.6 is 15.9 Å². The molecule has 0 aliphatic rings. The van der Waals surface area contributed by atoms with Gasteiger partial charge in [0.2, 0.25) is 11.8 Å². The molecule has 3 nitrogen and oxygen atoms in total. The Kier molecular flexibility index (Phi) is 4.03. The van der Waals surface area contributed by atoms with Crippen LogP contribution in [0.5, 0.6) is 0 Å². The number of hydrogen-bond donors (Lipinski definition) is 0. The first-order chi connectivity index (χ1) is 7.06. The summed E-state index contributed by atoms with van der Waals surface area (Å²) in [5, 5.41) is 0.757. The number of benzene rings is 1. The molecule has 0 spiro atoms. The fourth-order valence-corrected chi connectivity index (χ4v) is 1.69. The Morgan fingerprint density at radius 3 is 1.93 bits per heavy atom. The van der Waals surface area contributed by atoms with Crippen LogP contribution in [-0.2, 0) is 14.9 Å². The van der Waals surface area contributed by atoms with E-state index in [4.69, 9.17) is 0 Å². The third-order valence-electron chi connectivity index (χ3n) is 1.98. The highest BCUT2D eigenvalue weighted by Crippen LogP contribution is 2.17. The van der Waals surface area contributed by atoms with Gasteiger partial charge in [0.15, 0.2) is 0 Å². The number of imide groups is 1. The van der Waals surface area contributed by atoms with E-state index in [2.05, 4.69) is 15.9 Å². The van der Waals surface area contributed by atoms with Gasteiger partial charge in [-0.15, -0.1) is 0 Å². The molecule has 0 atom stereocenters. The third kappa shape index (κ3) is 2.89. The molecule has 0 aliphatic carbocycles. The molecule has 0 aliphatic heterocycles. The van der Waals surface area contributed by atoms with E-state index in [9.17, 15) is 9.59 Å². The number of carbonyl (C=O) groups is 2. The number of anilines is 1. The van der Waals surface area contributed by atoms with Crippen LogP contribution in [0, 0.1) is 0 Å². The Labute approximate surface area is 97.2 Å². The first-order valence-corrected chi connectivity index (χ1v) is 5.64. The molecule has 0 N–H and O–H groups in total. The van der Waals surface area contributed by atoms with Gasteiger partial charge in [-0.25, -0.2) is 0 Å². The zero-order valence-electron chi connectivity index (χ0n) is 8.66. The lowest BCUT2D eigenvalue weighted by Gasteiger charge is -2.17. The largest absolute Gasteiger partial charge is 0.274 e. The van der Waals surface area contributed by atoms with E-state index in [1.807, 2.05) is 12.1 Å². The number of alkyl halides is 1. The predicted octanol–water partition coefficient (Wildman–Crippen LogP) is 2.48. The summed E-state index contributed by atoms with van der Waals surface area (Å²) >= 11 is 3.33. The Morgan fingerprint density at radius 2 is 1.60 bits per heavy atom. The molecule has 0 radical (unpaired) electrons. The molecule has 0 bridgehead atoms. The summed E-state index contributed by atoms with van der Waals surface area (Å²) in [7, 11) is 0. The SMILES string of the molecule is CC(=O)N(C(C)=O)c1ccc(CBr)cc1. The number of rotatable bonds is 2. The fourth-order valence-electron chi connectivity index (χ4n) is 1.32. The van der Waals surface area contributed by atoms with Gasteiger partial charge in [-0.2, -0.15) is 0 Å². The van der Waals surface area contributed by atoms with Gasteiger partial charge < -0.3 is 0 Å². The lowest BCUT2D eigenvalue weighted by Crippen LogP contribution is -2.32. The Hall–Kier alpha value is -1.16. The molecule has 0 aromatic heterocycles. The standard InChI is InChI=1S/C11H12BrNO2/c1-8(14)13(9(2)15)11-5-3-10(7-12)4-6-11/h3-6H,7H2,1-2H3. The van der Waals surface area contributed by atoms with Gasteiger partial charge in [-0.3, -0.25) is 14.5 Å². The van der Waals surface area contributed by atoms with Gasteiger partial charge in [0.25, 0.3) is 0 Å². The molecule has 0 saturated carbocycles. The fraction of sp³-hybridized carbons (Fsp3) is 0.273. The Morgan fingerprint density at radius 1 is 1.13 bits per heavy atom. The number of carbonyl (C=O) groups excluding carboxylic acids is 2. The normalized spacial score (nSPS) is 9.80. The number of amides is 2. The lowest BCUT2D eigenvalue weighted by atomic mass is 10.2. The van der Waals surface area contributed by atoms with Crippen molar-refractivity contribution >= 4 is 33.4 Å². The Balaban J connectivity index is 3.02. The highest BCUT2D eigenvalue weighted by molar-refractivity contribution is 9.08. The van der Waals surface area contributed by atoms with Crippen LogP contribution in [0.4, 0.5) is 5.69 Å². The maximum Gasteiger partial charge on any atom is 0.230 e. The van der Waals surface area contributed by atoms with Crippen LogP contribution in [0.25, 0.3) is 0 Å². The van der Waals surface area contributed by atoms with Crippen molar-refractivity contribution in [2.75, 3.05) is 4.90 Å². The summed E-state index contributed by atoms with van der Waals surface area (Å²) in [6.07, 6.45) is 0. The molecule has 0 heterocycles. The van der Waals surface area contributed by atoms with E-state index in [1.165, 1.54) is 13.8 Å². The first-order valence-electron chi connectivity index (χ1n) is 4.52. The van der Waals surface area contributed by atoms with Crippen LogP contribution in [0.3, 0.4) is 0 Å². The number of halogens is 1. The molecular weight excluding hydrogens is 258 g/mol. The van der Waals surface area contributed by atoms with Crippen LogP contribution in [0.15, 0.2) is 24.3 Å². The van der Waals surface area contributed by atoms with Crippen molar-refractivity contribution in [2.24, 2.45) is 0 Å². The van der Waals surface area contributed by atoms with Crippen LogP contribution in [0.1, 0.15) is 19.4 Å². The average molecular weight is 270 g/mol. The minimum absolute atomic E-state index is 0.269.